The number of rotatable bonds is 3. The van der Waals surface area contributed by atoms with E-state index < -0.39 is 5.41 Å². The van der Waals surface area contributed by atoms with Crippen molar-refractivity contribution < 1.29 is 0 Å². The molecular weight excluding hydrogens is 699 g/mol. The highest BCUT2D eigenvalue weighted by Crippen LogP contribution is 2.61. The summed E-state index contributed by atoms with van der Waals surface area (Å²) < 4.78 is 0. The van der Waals surface area contributed by atoms with E-state index in [1.165, 1.54) is 118 Å². The van der Waals surface area contributed by atoms with Crippen LogP contribution in [0, 0.1) is 19.8 Å². The van der Waals surface area contributed by atoms with Crippen LogP contribution < -0.4 is 0 Å². The van der Waals surface area contributed by atoms with Crippen molar-refractivity contribution >= 4 is 27.3 Å². The fourth-order valence-corrected chi connectivity index (χ4v) is 11.7. The van der Waals surface area contributed by atoms with E-state index in [0.29, 0.717) is 5.92 Å². The average molecular weight is 744 g/mol. The van der Waals surface area contributed by atoms with E-state index in [9.17, 15) is 0 Å². The van der Waals surface area contributed by atoms with Gasteiger partial charge in [-0.05, 0) is 146 Å². The molecule has 2 atom stereocenters. The Balaban J connectivity index is 1.17. The minimum absolute atomic E-state index is 0.0530. The van der Waals surface area contributed by atoms with Crippen molar-refractivity contribution in [3.05, 3.63) is 214 Å². The molecule has 1 fully saturated rings. The number of fused-ring (bicyclic) bond motifs is 13. The Morgan fingerprint density at radius 2 is 0.983 bits per heavy atom. The van der Waals surface area contributed by atoms with Crippen LogP contribution in [0.3, 0.4) is 0 Å². The highest BCUT2D eigenvalue weighted by Gasteiger charge is 2.52. The first-order valence-corrected chi connectivity index (χ1v) is 21.3. The summed E-state index contributed by atoms with van der Waals surface area (Å²) in [5.74, 6) is 0.633. The summed E-state index contributed by atoms with van der Waals surface area (Å²) >= 11 is 0. The Morgan fingerprint density at radius 1 is 0.483 bits per heavy atom. The third-order valence-electron chi connectivity index (χ3n) is 14.3. The van der Waals surface area contributed by atoms with E-state index in [2.05, 4.69) is 184 Å². The molecule has 12 rings (SSSR count). The van der Waals surface area contributed by atoms with Gasteiger partial charge in [-0.2, -0.15) is 0 Å². The lowest BCUT2D eigenvalue weighted by atomic mass is 9.60. The standard InChI is InChI=1S/C57H45N/c1-36-23-27-43(45-17-5-3-15-41(36)45)39-25-29-47-48-30-26-40(44-28-24-37(2)42-16-4-6-18-46(42)44)34-54(48)57(53(47)33-39)51-21-9-7-19-49(51)55(50-20-8-10-22-52(50)57)58-56-31-11-13-38(35-56)14-12-32-56/h3-11,13,15-30,33-34,38H,12,14,31-32,35H2,1-2H3. The SMILES string of the molecule is Cc1ccc(-c2ccc3c(c2)C2(c4ccccc4C(=NC45CC=CC(CCC4)C5)c4ccccc42)c2cc(-c4ccc(C)c5ccccc45)ccc2-3)c2ccccc12. The lowest BCUT2D eigenvalue weighted by Crippen LogP contribution is -2.40. The Hall–Kier alpha value is -6.31. The van der Waals surface area contributed by atoms with Gasteiger partial charge >= 0.3 is 0 Å². The number of nitrogens with zero attached hydrogens (tertiary/aromatic N) is 1. The van der Waals surface area contributed by atoms with Crippen molar-refractivity contribution in [1.82, 2.24) is 0 Å². The first-order chi connectivity index (χ1) is 28.5. The van der Waals surface area contributed by atoms with E-state index in [-0.39, 0.29) is 5.54 Å². The largest absolute Gasteiger partial charge is 0.277 e. The van der Waals surface area contributed by atoms with Crippen LogP contribution in [0.15, 0.2) is 175 Å². The molecule has 8 aromatic rings. The second-order valence-corrected chi connectivity index (χ2v) is 17.5. The van der Waals surface area contributed by atoms with E-state index in [1.54, 1.807) is 0 Å². The molecule has 278 valence electrons. The van der Waals surface area contributed by atoms with Crippen molar-refractivity contribution in [2.24, 2.45) is 10.9 Å². The van der Waals surface area contributed by atoms with Crippen molar-refractivity contribution in [1.29, 1.82) is 0 Å². The van der Waals surface area contributed by atoms with Gasteiger partial charge in [0.1, 0.15) is 0 Å². The van der Waals surface area contributed by atoms with Crippen LogP contribution in [-0.2, 0) is 5.41 Å². The predicted molar refractivity (Wildman–Crippen MR) is 243 cm³/mol. The maximum Gasteiger partial charge on any atom is 0.0732 e. The van der Waals surface area contributed by atoms with Gasteiger partial charge in [0.2, 0.25) is 0 Å². The van der Waals surface area contributed by atoms with Gasteiger partial charge in [0.05, 0.1) is 16.7 Å². The number of hydrogen-bond donors (Lipinski definition) is 0. The maximum atomic E-state index is 5.98. The molecule has 1 spiro atoms. The van der Waals surface area contributed by atoms with E-state index in [1.807, 2.05) is 0 Å². The van der Waals surface area contributed by atoms with Crippen LogP contribution in [0.25, 0.3) is 54.9 Å². The number of benzene rings is 8. The summed E-state index contributed by atoms with van der Waals surface area (Å²) in [6, 6.07) is 60.2. The van der Waals surface area contributed by atoms with Crippen LogP contribution in [0.2, 0.25) is 0 Å². The Kier molecular flexibility index (Phi) is 7.34. The molecular formula is C57H45N. The van der Waals surface area contributed by atoms with Gasteiger partial charge < -0.3 is 0 Å². The quantitative estimate of drug-likeness (QED) is 0.160. The van der Waals surface area contributed by atoms with Crippen LogP contribution in [0.4, 0.5) is 0 Å². The van der Waals surface area contributed by atoms with Crippen molar-refractivity contribution in [3.63, 3.8) is 0 Å². The molecule has 4 aliphatic rings. The first kappa shape index (κ1) is 33.8. The number of allylic oxidation sites excluding steroid dienone is 1. The van der Waals surface area contributed by atoms with Crippen LogP contribution in [0.5, 0.6) is 0 Å². The third-order valence-corrected chi connectivity index (χ3v) is 14.3. The van der Waals surface area contributed by atoms with Crippen LogP contribution in [-0.4, -0.2) is 11.3 Å². The van der Waals surface area contributed by atoms with Crippen LogP contribution in [0.1, 0.15) is 76.6 Å². The molecule has 1 saturated carbocycles. The van der Waals surface area contributed by atoms with Gasteiger partial charge in [0, 0.05) is 11.1 Å². The summed E-state index contributed by atoms with van der Waals surface area (Å²) in [5, 5.41) is 5.21. The molecule has 2 bridgehead atoms. The molecule has 4 aliphatic carbocycles. The van der Waals surface area contributed by atoms with Gasteiger partial charge in [-0.25, -0.2) is 0 Å². The lowest BCUT2D eigenvalue weighted by Gasteiger charge is -2.43. The molecule has 1 nitrogen and oxygen atoms in total. The number of aryl methyl sites for hydroxylation is 2. The molecule has 0 N–H and O–H groups in total. The summed E-state index contributed by atoms with van der Waals surface area (Å²) in [5.41, 5.74) is 18.8. The second kappa shape index (κ2) is 12.6. The fourth-order valence-electron chi connectivity index (χ4n) is 11.7. The first-order valence-electron chi connectivity index (χ1n) is 21.3. The topological polar surface area (TPSA) is 12.4 Å². The summed E-state index contributed by atoms with van der Waals surface area (Å²) in [6.45, 7) is 4.45. The zero-order valence-electron chi connectivity index (χ0n) is 33.2. The van der Waals surface area contributed by atoms with Gasteiger partial charge in [-0.1, -0.05) is 164 Å². The Bertz CT molecular complexity index is 2900. The lowest BCUT2D eigenvalue weighted by molar-refractivity contribution is 0.245. The van der Waals surface area contributed by atoms with Crippen molar-refractivity contribution in [3.8, 4) is 33.4 Å². The Labute approximate surface area is 341 Å². The highest BCUT2D eigenvalue weighted by molar-refractivity contribution is 6.18. The summed E-state index contributed by atoms with van der Waals surface area (Å²) in [4.78, 5) is 5.98. The van der Waals surface area contributed by atoms with Crippen molar-refractivity contribution in [2.75, 3.05) is 0 Å². The normalized spacial score (nSPS) is 19.5. The summed E-state index contributed by atoms with van der Waals surface area (Å²) in [7, 11) is 0. The maximum absolute atomic E-state index is 5.98. The predicted octanol–water partition coefficient (Wildman–Crippen LogP) is 14.3. The molecule has 0 aromatic heterocycles. The van der Waals surface area contributed by atoms with Crippen LogP contribution >= 0.6 is 0 Å². The molecule has 2 unspecified atom stereocenters. The molecule has 8 aromatic carbocycles. The molecule has 0 saturated heterocycles. The molecule has 0 heterocycles. The van der Waals surface area contributed by atoms with Gasteiger partial charge in [0.25, 0.3) is 0 Å². The molecule has 58 heavy (non-hydrogen) atoms. The number of aliphatic imine (C=N–C) groups is 1. The zero-order chi connectivity index (χ0) is 38.6. The zero-order valence-corrected chi connectivity index (χ0v) is 33.2. The van der Waals surface area contributed by atoms with E-state index in [4.69, 9.17) is 4.99 Å². The average Bonchev–Trinajstić information content (AvgIpc) is 3.55. The second-order valence-electron chi connectivity index (χ2n) is 17.5. The minimum atomic E-state index is -0.552. The fraction of sp³-hybridized carbons (Fsp3) is 0.175. The molecule has 1 heteroatoms. The van der Waals surface area contributed by atoms with E-state index in [0.717, 1.165) is 19.3 Å². The monoisotopic (exact) mass is 743 g/mol. The molecule has 0 radical (unpaired) electrons. The highest BCUT2D eigenvalue weighted by atomic mass is 14.9. The number of hydrogen-bond acceptors (Lipinski definition) is 1. The van der Waals surface area contributed by atoms with Gasteiger partial charge in [0.15, 0.2) is 0 Å². The third kappa shape index (κ3) is 4.74. The molecule has 0 aliphatic heterocycles. The minimum Gasteiger partial charge on any atom is -0.277 e. The summed E-state index contributed by atoms with van der Waals surface area (Å²) in [6.07, 6.45) is 10.7. The Morgan fingerprint density at radius 3 is 1.55 bits per heavy atom. The van der Waals surface area contributed by atoms with E-state index >= 15 is 0 Å². The van der Waals surface area contributed by atoms with Gasteiger partial charge in [-0.15, -0.1) is 0 Å². The smallest absolute Gasteiger partial charge is 0.0732 e. The molecule has 0 amide bonds. The van der Waals surface area contributed by atoms with Crippen molar-refractivity contribution in [2.45, 2.75) is 56.9 Å². The van der Waals surface area contributed by atoms with Gasteiger partial charge in [-0.3, -0.25) is 4.99 Å².